The summed E-state index contributed by atoms with van der Waals surface area (Å²) in [5.41, 5.74) is 0.605. The Bertz CT molecular complexity index is 437. The average Bonchev–Trinajstić information content (AvgIpc) is 2.95. The zero-order chi connectivity index (χ0) is 15.7. The molecular weight excluding hydrogens is 280 g/mol. The number of H-pyrrole nitrogens is 1. The highest BCUT2D eigenvalue weighted by molar-refractivity contribution is 5.82. The minimum absolute atomic E-state index is 0.0956. The molecule has 1 atom stereocenters. The fraction of sp³-hybridized carbons (Fsp3) is 0.583. The topological polar surface area (TPSA) is 128 Å². The van der Waals surface area contributed by atoms with E-state index < -0.39 is 18.0 Å². The molecule has 4 N–H and O–H groups in total. The minimum Gasteiger partial charge on any atom is -0.480 e. The van der Waals surface area contributed by atoms with Crippen molar-refractivity contribution in [2.45, 2.75) is 12.5 Å². The van der Waals surface area contributed by atoms with Crippen molar-refractivity contribution >= 4 is 12.0 Å². The van der Waals surface area contributed by atoms with Crippen LogP contribution >= 0.6 is 0 Å². The van der Waals surface area contributed by atoms with Gasteiger partial charge in [0.2, 0.25) is 0 Å². The zero-order valence-electron chi connectivity index (χ0n) is 11.8. The Morgan fingerprint density at radius 1 is 1.52 bits per heavy atom. The Balaban J connectivity index is 2.62. The van der Waals surface area contributed by atoms with Gasteiger partial charge in [-0.3, -0.25) is 0 Å². The minimum atomic E-state index is -1.14. The monoisotopic (exact) mass is 300 g/mol. The van der Waals surface area contributed by atoms with Gasteiger partial charge in [-0.1, -0.05) is 0 Å². The van der Waals surface area contributed by atoms with Crippen molar-refractivity contribution in [2.24, 2.45) is 0 Å². The van der Waals surface area contributed by atoms with E-state index in [0.717, 1.165) is 0 Å². The van der Waals surface area contributed by atoms with Gasteiger partial charge in [0.05, 0.1) is 19.5 Å². The van der Waals surface area contributed by atoms with Gasteiger partial charge in [-0.15, -0.1) is 0 Å². The summed E-state index contributed by atoms with van der Waals surface area (Å²) in [6.07, 6.45) is 3.03. The van der Waals surface area contributed by atoms with Crippen LogP contribution in [-0.2, 0) is 16.0 Å². The molecule has 1 rings (SSSR count). The molecule has 2 amide bonds. The van der Waals surface area contributed by atoms with Crippen molar-refractivity contribution in [2.75, 3.05) is 33.4 Å². The van der Waals surface area contributed by atoms with Gasteiger partial charge >= 0.3 is 12.0 Å². The second-order valence-electron chi connectivity index (χ2n) is 4.32. The number of amides is 2. The molecule has 1 aromatic heterocycles. The number of urea groups is 1. The van der Waals surface area contributed by atoms with E-state index in [0.29, 0.717) is 12.3 Å². The Hall–Kier alpha value is -2.13. The van der Waals surface area contributed by atoms with E-state index in [1.54, 1.807) is 0 Å². The molecule has 0 saturated carbocycles. The van der Waals surface area contributed by atoms with Crippen LogP contribution in [0.25, 0.3) is 0 Å². The summed E-state index contributed by atoms with van der Waals surface area (Å²) in [4.78, 5) is 31.1. The van der Waals surface area contributed by atoms with Crippen molar-refractivity contribution in [1.29, 1.82) is 0 Å². The Labute approximate surface area is 121 Å². The zero-order valence-corrected chi connectivity index (χ0v) is 11.8. The number of carboxylic acid groups (broad SMARTS) is 1. The smallest absolute Gasteiger partial charge is 0.326 e. The number of carboxylic acids is 1. The molecule has 0 fully saturated rings. The lowest BCUT2D eigenvalue weighted by Gasteiger charge is -2.24. The van der Waals surface area contributed by atoms with Crippen LogP contribution in [0, 0.1) is 0 Å². The summed E-state index contributed by atoms with van der Waals surface area (Å²) in [6, 6.07) is -1.64. The number of nitrogens with zero attached hydrogens (tertiary/aromatic N) is 2. The van der Waals surface area contributed by atoms with Crippen LogP contribution in [0.2, 0.25) is 0 Å². The highest BCUT2D eigenvalue weighted by Crippen LogP contribution is 2.00. The second-order valence-corrected chi connectivity index (χ2v) is 4.32. The summed E-state index contributed by atoms with van der Waals surface area (Å²) < 4.78 is 4.87. The number of ether oxygens (including phenoxy) is 1. The van der Waals surface area contributed by atoms with Gasteiger partial charge in [0.25, 0.3) is 0 Å². The van der Waals surface area contributed by atoms with Crippen LogP contribution in [0.5, 0.6) is 0 Å². The van der Waals surface area contributed by atoms with Crippen molar-refractivity contribution in [1.82, 2.24) is 20.2 Å². The van der Waals surface area contributed by atoms with Crippen LogP contribution in [-0.4, -0.2) is 76.5 Å². The van der Waals surface area contributed by atoms with Crippen molar-refractivity contribution in [3.63, 3.8) is 0 Å². The number of methoxy groups -OCH3 is 1. The normalized spacial score (nSPS) is 11.9. The first-order valence-corrected chi connectivity index (χ1v) is 6.43. The van der Waals surface area contributed by atoms with Crippen LogP contribution in [0.1, 0.15) is 5.69 Å². The Morgan fingerprint density at radius 3 is 2.81 bits per heavy atom. The summed E-state index contributed by atoms with van der Waals surface area (Å²) in [6.45, 7) is 0.450. The first kappa shape index (κ1) is 16.9. The number of hydrogen-bond acceptors (Lipinski definition) is 5. The maximum absolute atomic E-state index is 12.0. The van der Waals surface area contributed by atoms with Gasteiger partial charge in [0.1, 0.15) is 6.04 Å². The van der Waals surface area contributed by atoms with Gasteiger partial charge in [0.15, 0.2) is 0 Å². The number of aliphatic hydroxyl groups is 1. The predicted molar refractivity (Wildman–Crippen MR) is 72.8 cm³/mol. The Morgan fingerprint density at radius 2 is 2.29 bits per heavy atom. The van der Waals surface area contributed by atoms with Gasteiger partial charge in [0, 0.05) is 38.5 Å². The van der Waals surface area contributed by atoms with E-state index in [9.17, 15) is 9.59 Å². The lowest BCUT2D eigenvalue weighted by molar-refractivity contribution is -0.139. The third kappa shape index (κ3) is 5.79. The number of rotatable bonds is 9. The molecule has 9 nitrogen and oxygen atoms in total. The molecular formula is C12H20N4O5. The number of aliphatic carboxylic acids is 1. The first-order valence-electron chi connectivity index (χ1n) is 6.43. The molecule has 1 aromatic rings. The van der Waals surface area contributed by atoms with Crippen LogP contribution < -0.4 is 5.32 Å². The lowest BCUT2D eigenvalue weighted by Crippen LogP contribution is -2.50. The molecule has 0 spiro atoms. The molecule has 0 aliphatic heterocycles. The van der Waals surface area contributed by atoms with E-state index >= 15 is 0 Å². The van der Waals surface area contributed by atoms with Gasteiger partial charge in [-0.05, 0) is 0 Å². The molecule has 0 aliphatic carbocycles. The maximum atomic E-state index is 12.0. The van der Waals surface area contributed by atoms with Crippen molar-refractivity contribution in [3.8, 4) is 0 Å². The summed E-state index contributed by atoms with van der Waals surface area (Å²) >= 11 is 0. The summed E-state index contributed by atoms with van der Waals surface area (Å²) in [5.74, 6) is -1.14. The second kappa shape index (κ2) is 8.93. The van der Waals surface area contributed by atoms with Crippen LogP contribution in [0.4, 0.5) is 4.79 Å². The molecule has 1 unspecified atom stereocenters. The van der Waals surface area contributed by atoms with E-state index in [4.69, 9.17) is 14.9 Å². The van der Waals surface area contributed by atoms with Crippen LogP contribution in [0.3, 0.4) is 0 Å². The quantitative estimate of drug-likeness (QED) is 0.466. The number of aliphatic hydroxyl groups excluding tert-OH is 1. The van der Waals surface area contributed by atoms with Gasteiger partial charge < -0.3 is 30.2 Å². The number of aromatic nitrogens is 2. The lowest BCUT2D eigenvalue weighted by atomic mass is 10.1. The van der Waals surface area contributed by atoms with Gasteiger partial charge in [-0.25, -0.2) is 14.6 Å². The van der Waals surface area contributed by atoms with E-state index in [-0.39, 0.29) is 26.1 Å². The standard InChI is InChI=1S/C12H20N4O5/c1-21-5-3-16(2-4-17)12(20)15-10(11(18)19)6-9-7-13-8-14-9/h7-8,10,17H,2-6H2,1H3,(H,13,14)(H,15,20)(H,18,19). The molecule has 9 heteroatoms. The Kier molecular flexibility index (Phi) is 7.19. The molecule has 0 aromatic carbocycles. The van der Waals surface area contributed by atoms with Crippen molar-refractivity contribution < 1.29 is 24.5 Å². The first-order chi connectivity index (χ1) is 10.1. The molecule has 0 bridgehead atoms. The fourth-order valence-electron chi connectivity index (χ4n) is 1.69. The molecule has 0 radical (unpaired) electrons. The fourth-order valence-corrected chi connectivity index (χ4v) is 1.69. The van der Waals surface area contributed by atoms with E-state index in [1.165, 1.54) is 24.5 Å². The average molecular weight is 300 g/mol. The number of carbonyl (C=O) groups excluding carboxylic acids is 1. The molecule has 21 heavy (non-hydrogen) atoms. The molecule has 0 saturated heterocycles. The van der Waals surface area contributed by atoms with Crippen molar-refractivity contribution in [3.05, 3.63) is 18.2 Å². The van der Waals surface area contributed by atoms with E-state index in [1.807, 2.05) is 0 Å². The molecule has 118 valence electrons. The predicted octanol–water partition coefficient (Wildman–Crippen LogP) is -0.944. The largest absolute Gasteiger partial charge is 0.480 e. The molecule has 1 heterocycles. The molecule has 0 aliphatic rings. The number of hydrogen-bond donors (Lipinski definition) is 4. The maximum Gasteiger partial charge on any atom is 0.326 e. The highest BCUT2D eigenvalue weighted by atomic mass is 16.5. The van der Waals surface area contributed by atoms with Crippen LogP contribution in [0.15, 0.2) is 12.5 Å². The number of nitrogens with one attached hydrogen (secondary N) is 2. The number of imidazole rings is 1. The summed E-state index contributed by atoms with van der Waals surface area (Å²) in [5, 5.41) is 20.5. The number of carbonyl (C=O) groups is 2. The number of aromatic amines is 1. The summed E-state index contributed by atoms with van der Waals surface area (Å²) in [7, 11) is 1.49. The van der Waals surface area contributed by atoms with E-state index in [2.05, 4.69) is 15.3 Å². The SMILES string of the molecule is COCCN(CCO)C(=O)NC(Cc1cnc[nH]1)C(=O)O. The third-order valence-electron chi connectivity index (χ3n) is 2.80. The highest BCUT2D eigenvalue weighted by Gasteiger charge is 2.23. The van der Waals surface area contributed by atoms with Gasteiger partial charge in [-0.2, -0.15) is 0 Å². The third-order valence-corrected chi connectivity index (χ3v) is 2.80.